The Morgan fingerprint density at radius 2 is 1.96 bits per heavy atom. The van der Waals surface area contributed by atoms with E-state index in [0.717, 1.165) is 0 Å². The Kier molecular flexibility index (Phi) is 5.66. The van der Waals surface area contributed by atoms with Crippen molar-refractivity contribution in [3.8, 4) is 5.75 Å². The fourth-order valence-electron chi connectivity index (χ4n) is 2.40. The fourth-order valence-corrected chi connectivity index (χ4v) is 2.62. The maximum absolute atomic E-state index is 13.9. The van der Waals surface area contributed by atoms with Gasteiger partial charge in [0.2, 0.25) is 0 Å². The van der Waals surface area contributed by atoms with E-state index in [0.29, 0.717) is 0 Å². The lowest BCUT2D eigenvalue weighted by Crippen LogP contribution is -2.15. The minimum absolute atomic E-state index is 0.0620. The molecular weight excluding hydrogens is 383 g/mol. The Morgan fingerprint density at radius 3 is 2.70 bits per heavy atom. The molecule has 1 aromatic heterocycles. The Hall–Kier alpha value is -3.00. The van der Waals surface area contributed by atoms with Crippen molar-refractivity contribution in [2.45, 2.75) is 13.2 Å². The van der Waals surface area contributed by atoms with E-state index >= 15 is 0 Å². The van der Waals surface area contributed by atoms with E-state index in [1.165, 1.54) is 53.3 Å². The third kappa shape index (κ3) is 4.59. The molecule has 1 heterocycles. The average molecular weight is 396 g/mol. The van der Waals surface area contributed by atoms with Crippen LogP contribution in [0, 0.1) is 5.82 Å². The number of nitrogens with zero attached hydrogens (tertiary/aromatic N) is 2. The van der Waals surface area contributed by atoms with Crippen LogP contribution in [0.3, 0.4) is 0 Å². The lowest BCUT2D eigenvalue weighted by atomic mass is 10.2. The number of hydrogen-bond acceptors (Lipinski definition) is 3. The van der Waals surface area contributed by atoms with Gasteiger partial charge < -0.3 is 10.1 Å². The summed E-state index contributed by atoms with van der Waals surface area (Å²) in [4.78, 5) is 12.3. The van der Waals surface area contributed by atoms with E-state index in [2.05, 4.69) is 15.2 Å². The minimum Gasteiger partial charge on any atom is -0.434 e. The van der Waals surface area contributed by atoms with Crippen LogP contribution in [0.1, 0.15) is 15.9 Å². The van der Waals surface area contributed by atoms with Crippen molar-refractivity contribution in [1.82, 2.24) is 9.78 Å². The third-order valence-electron chi connectivity index (χ3n) is 3.61. The second kappa shape index (κ2) is 8.13. The molecule has 1 amide bonds. The Labute approximate surface area is 157 Å². The number of nitrogens with one attached hydrogen (secondary N) is 1. The Morgan fingerprint density at radius 1 is 1.19 bits per heavy atom. The van der Waals surface area contributed by atoms with E-state index in [1.807, 2.05) is 0 Å². The predicted octanol–water partition coefficient (Wildman–Crippen LogP) is 4.58. The van der Waals surface area contributed by atoms with Crippen LogP contribution in [0.2, 0.25) is 5.02 Å². The molecule has 0 radical (unpaired) electrons. The molecule has 0 spiro atoms. The lowest BCUT2D eigenvalue weighted by molar-refractivity contribution is -0.0501. The molecule has 0 bridgehead atoms. The number of amides is 1. The number of aromatic nitrogens is 2. The first-order valence-electron chi connectivity index (χ1n) is 7.75. The highest BCUT2D eigenvalue weighted by molar-refractivity contribution is 6.31. The van der Waals surface area contributed by atoms with Crippen LogP contribution in [-0.4, -0.2) is 22.3 Å². The number of benzene rings is 2. The van der Waals surface area contributed by atoms with Crippen LogP contribution >= 0.6 is 11.6 Å². The highest BCUT2D eigenvalue weighted by Crippen LogP contribution is 2.22. The number of alkyl halides is 2. The number of rotatable bonds is 6. The zero-order chi connectivity index (χ0) is 19.4. The van der Waals surface area contributed by atoms with E-state index in [9.17, 15) is 18.0 Å². The number of para-hydroxylation sites is 1. The van der Waals surface area contributed by atoms with Gasteiger partial charge in [0.15, 0.2) is 5.82 Å². The van der Waals surface area contributed by atoms with Crippen molar-refractivity contribution in [1.29, 1.82) is 0 Å². The molecule has 0 fully saturated rings. The molecule has 0 aliphatic heterocycles. The number of carbonyl (C=O) groups is 1. The van der Waals surface area contributed by atoms with Gasteiger partial charge in [-0.2, -0.15) is 13.9 Å². The molecule has 3 rings (SSSR count). The molecule has 27 heavy (non-hydrogen) atoms. The summed E-state index contributed by atoms with van der Waals surface area (Å²) < 4.78 is 44.5. The molecule has 0 aliphatic carbocycles. The van der Waals surface area contributed by atoms with Gasteiger partial charge in [0, 0.05) is 22.8 Å². The first kappa shape index (κ1) is 18.8. The molecule has 1 N–H and O–H groups in total. The van der Waals surface area contributed by atoms with E-state index in [4.69, 9.17) is 11.6 Å². The second-order valence-corrected chi connectivity index (χ2v) is 5.83. The zero-order valence-corrected chi connectivity index (χ0v) is 14.5. The maximum Gasteiger partial charge on any atom is 0.387 e. The summed E-state index contributed by atoms with van der Waals surface area (Å²) in [5.41, 5.74) is 0.195. The van der Waals surface area contributed by atoms with Gasteiger partial charge in [-0.15, -0.1) is 0 Å². The highest BCUT2D eigenvalue weighted by Gasteiger charge is 2.16. The van der Waals surface area contributed by atoms with Crippen molar-refractivity contribution in [2.24, 2.45) is 0 Å². The second-order valence-electron chi connectivity index (χ2n) is 5.43. The fraction of sp³-hybridized carbons (Fsp3) is 0.111. The van der Waals surface area contributed by atoms with Gasteiger partial charge >= 0.3 is 6.61 Å². The largest absolute Gasteiger partial charge is 0.434 e. The Bertz CT molecular complexity index is 942. The number of halogens is 4. The smallest absolute Gasteiger partial charge is 0.387 e. The zero-order valence-electron chi connectivity index (χ0n) is 13.7. The molecule has 0 saturated heterocycles. The quantitative estimate of drug-likeness (QED) is 0.664. The lowest BCUT2D eigenvalue weighted by Gasteiger charge is -2.10. The van der Waals surface area contributed by atoms with Crippen LogP contribution in [-0.2, 0) is 6.54 Å². The van der Waals surface area contributed by atoms with Crippen LogP contribution in [0.4, 0.5) is 19.0 Å². The molecule has 0 atom stereocenters. The van der Waals surface area contributed by atoms with Gasteiger partial charge in [0.05, 0.1) is 12.1 Å². The van der Waals surface area contributed by atoms with Crippen LogP contribution in [0.25, 0.3) is 0 Å². The van der Waals surface area contributed by atoms with Gasteiger partial charge in [-0.25, -0.2) is 4.39 Å². The van der Waals surface area contributed by atoms with Crippen LogP contribution in [0.5, 0.6) is 5.75 Å². The molecular formula is C18H13ClF3N3O2. The highest BCUT2D eigenvalue weighted by atomic mass is 35.5. The number of anilines is 1. The van der Waals surface area contributed by atoms with Gasteiger partial charge in [-0.05, 0) is 24.3 Å². The number of carbonyl (C=O) groups excluding carboxylic acids is 1. The van der Waals surface area contributed by atoms with Gasteiger partial charge in [0.25, 0.3) is 5.91 Å². The standard InChI is InChI=1S/C18H13ClF3N3O2/c19-13-5-3-6-14(20)12(13)10-25-9-8-16(24-25)23-17(26)11-4-1-2-7-15(11)27-18(21)22/h1-9,18H,10H2,(H,23,24,26). The van der Waals surface area contributed by atoms with Gasteiger partial charge in [0.1, 0.15) is 11.6 Å². The number of ether oxygens (including phenoxy) is 1. The van der Waals surface area contributed by atoms with E-state index < -0.39 is 18.3 Å². The Balaban J connectivity index is 1.74. The molecule has 5 nitrogen and oxygen atoms in total. The van der Waals surface area contributed by atoms with E-state index in [-0.39, 0.29) is 34.3 Å². The molecule has 0 unspecified atom stereocenters. The molecule has 0 saturated carbocycles. The monoisotopic (exact) mass is 395 g/mol. The maximum atomic E-state index is 13.9. The van der Waals surface area contributed by atoms with E-state index in [1.54, 1.807) is 6.07 Å². The van der Waals surface area contributed by atoms with Gasteiger partial charge in [-0.1, -0.05) is 29.8 Å². The summed E-state index contributed by atoms with van der Waals surface area (Å²) in [6.07, 6.45) is 1.53. The first-order valence-corrected chi connectivity index (χ1v) is 8.13. The van der Waals surface area contributed by atoms with Crippen LogP contribution in [0.15, 0.2) is 54.7 Å². The molecule has 140 valence electrons. The summed E-state index contributed by atoms with van der Waals surface area (Å²) >= 11 is 5.98. The van der Waals surface area contributed by atoms with Gasteiger partial charge in [-0.3, -0.25) is 9.48 Å². The summed E-state index contributed by atoms with van der Waals surface area (Å²) in [6.45, 7) is -2.99. The molecule has 0 aliphatic rings. The summed E-state index contributed by atoms with van der Waals surface area (Å²) in [5.74, 6) is -1.22. The SMILES string of the molecule is O=C(Nc1ccn(Cc2c(F)cccc2Cl)n1)c1ccccc1OC(F)F. The predicted molar refractivity (Wildman–Crippen MR) is 93.8 cm³/mol. The minimum atomic E-state index is -3.05. The third-order valence-corrected chi connectivity index (χ3v) is 3.97. The van der Waals surface area contributed by atoms with Crippen molar-refractivity contribution in [3.05, 3.63) is 76.7 Å². The molecule has 3 aromatic rings. The molecule has 9 heteroatoms. The van der Waals surface area contributed by atoms with Crippen molar-refractivity contribution in [3.63, 3.8) is 0 Å². The first-order chi connectivity index (χ1) is 12.9. The van der Waals surface area contributed by atoms with Crippen molar-refractivity contribution in [2.75, 3.05) is 5.32 Å². The van der Waals surface area contributed by atoms with Crippen molar-refractivity contribution >= 4 is 23.3 Å². The van der Waals surface area contributed by atoms with Crippen molar-refractivity contribution < 1.29 is 22.7 Å². The average Bonchev–Trinajstić information content (AvgIpc) is 3.05. The molecule has 2 aromatic carbocycles. The summed E-state index contributed by atoms with van der Waals surface area (Å²) in [6, 6.07) is 11.4. The summed E-state index contributed by atoms with van der Waals surface area (Å²) in [7, 11) is 0. The number of hydrogen-bond donors (Lipinski definition) is 1. The topological polar surface area (TPSA) is 56.2 Å². The summed E-state index contributed by atoms with van der Waals surface area (Å²) in [5, 5.41) is 6.86. The van der Waals surface area contributed by atoms with Crippen LogP contribution < -0.4 is 10.1 Å². The normalized spacial score (nSPS) is 10.9.